The third-order valence-electron chi connectivity index (χ3n) is 3.15. The number of rotatable bonds is 8. The van der Waals surface area contributed by atoms with Crippen LogP contribution < -0.4 is 0 Å². The summed E-state index contributed by atoms with van der Waals surface area (Å²) in [4.78, 5) is 11.8. The zero-order valence-corrected chi connectivity index (χ0v) is 11.5. The zero-order chi connectivity index (χ0) is 13.2. The van der Waals surface area contributed by atoms with Crippen molar-refractivity contribution in [2.24, 2.45) is 5.92 Å². The Morgan fingerprint density at radius 2 is 1.89 bits per heavy atom. The molecule has 0 aliphatic heterocycles. The lowest BCUT2D eigenvalue weighted by atomic mass is 9.94. The summed E-state index contributed by atoms with van der Waals surface area (Å²) >= 11 is 0. The van der Waals surface area contributed by atoms with Crippen LogP contribution in [0.4, 0.5) is 0 Å². The molecule has 0 heterocycles. The Kier molecular flexibility index (Phi) is 7.16. The van der Waals surface area contributed by atoms with Crippen molar-refractivity contribution in [2.75, 3.05) is 6.61 Å². The molecule has 0 aromatic heterocycles. The summed E-state index contributed by atoms with van der Waals surface area (Å²) in [6.45, 7) is 4.50. The second-order valence-corrected chi connectivity index (χ2v) is 4.62. The van der Waals surface area contributed by atoms with Gasteiger partial charge in [0.25, 0.3) is 0 Å². The number of hydrogen-bond donors (Lipinski definition) is 0. The molecule has 0 bridgehead atoms. The fourth-order valence-electron chi connectivity index (χ4n) is 2.08. The second kappa shape index (κ2) is 8.73. The molecule has 1 aromatic rings. The first-order valence-electron chi connectivity index (χ1n) is 6.98. The van der Waals surface area contributed by atoms with Crippen LogP contribution in [0.3, 0.4) is 0 Å². The Labute approximate surface area is 110 Å². The average molecular weight is 248 g/mol. The van der Waals surface area contributed by atoms with Crippen molar-refractivity contribution in [2.45, 2.75) is 46.0 Å². The van der Waals surface area contributed by atoms with Gasteiger partial charge in [0.2, 0.25) is 0 Å². The Hall–Kier alpha value is -1.31. The van der Waals surface area contributed by atoms with E-state index in [1.54, 1.807) is 0 Å². The number of benzene rings is 1. The molecule has 2 nitrogen and oxygen atoms in total. The summed E-state index contributed by atoms with van der Waals surface area (Å²) in [6, 6.07) is 10.3. The second-order valence-electron chi connectivity index (χ2n) is 4.62. The van der Waals surface area contributed by atoms with Gasteiger partial charge in [-0.05, 0) is 31.7 Å². The highest BCUT2D eigenvalue weighted by atomic mass is 16.5. The Morgan fingerprint density at radius 3 is 2.50 bits per heavy atom. The average Bonchev–Trinajstić information content (AvgIpc) is 2.40. The summed E-state index contributed by atoms with van der Waals surface area (Å²) < 4.78 is 5.15. The van der Waals surface area contributed by atoms with E-state index >= 15 is 0 Å². The minimum Gasteiger partial charge on any atom is -0.466 e. The lowest BCUT2D eigenvalue weighted by Crippen LogP contribution is -2.18. The smallest absolute Gasteiger partial charge is 0.308 e. The first-order valence-corrected chi connectivity index (χ1v) is 6.98. The number of hydrogen-bond acceptors (Lipinski definition) is 2. The van der Waals surface area contributed by atoms with Gasteiger partial charge in [0.1, 0.15) is 0 Å². The van der Waals surface area contributed by atoms with E-state index in [2.05, 4.69) is 19.1 Å². The van der Waals surface area contributed by atoms with Crippen LogP contribution in [0.5, 0.6) is 0 Å². The van der Waals surface area contributed by atoms with Crippen molar-refractivity contribution in [1.82, 2.24) is 0 Å². The molecular weight excluding hydrogens is 224 g/mol. The summed E-state index contributed by atoms with van der Waals surface area (Å²) in [5.41, 5.74) is 1.29. The van der Waals surface area contributed by atoms with E-state index in [4.69, 9.17) is 4.74 Å². The molecule has 2 heteroatoms. The highest BCUT2D eigenvalue weighted by molar-refractivity contribution is 5.72. The fourth-order valence-corrected chi connectivity index (χ4v) is 2.08. The van der Waals surface area contributed by atoms with Crippen molar-refractivity contribution in [3.05, 3.63) is 35.9 Å². The molecule has 0 N–H and O–H groups in total. The first kappa shape index (κ1) is 14.7. The predicted molar refractivity (Wildman–Crippen MR) is 74.4 cm³/mol. The minimum atomic E-state index is -0.0260. The molecule has 18 heavy (non-hydrogen) atoms. The Bertz CT molecular complexity index is 332. The molecule has 1 atom stereocenters. The molecule has 1 rings (SSSR count). The standard InChI is InChI=1S/C16H24O2/c1-3-5-11-15(16(17)18-4-2)13-12-14-9-7-6-8-10-14/h6-10,15H,3-5,11-13H2,1-2H3. The molecule has 1 aromatic carbocycles. The van der Waals surface area contributed by atoms with Gasteiger partial charge in [0.15, 0.2) is 0 Å². The monoisotopic (exact) mass is 248 g/mol. The van der Waals surface area contributed by atoms with Crippen LogP contribution in [-0.4, -0.2) is 12.6 Å². The van der Waals surface area contributed by atoms with Gasteiger partial charge < -0.3 is 4.74 Å². The maximum absolute atomic E-state index is 11.8. The molecular formula is C16H24O2. The maximum Gasteiger partial charge on any atom is 0.308 e. The number of unbranched alkanes of at least 4 members (excludes halogenated alkanes) is 1. The molecule has 0 aliphatic carbocycles. The number of aryl methyl sites for hydroxylation is 1. The van der Waals surface area contributed by atoms with E-state index in [9.17, 15) is 4.79 Å². The number of carbonyl (C=O) groups is 1. The Balaban J connectivity index is 2.47. The van der Waals surface area contributed by atoms with E-state index in [1.807, 2.05) is 25.1 Å². The highest BCUT2D eigenvalue weighted by Gasteiger charge is 2.18. The summed E-state index contributed by atoms with van der Waals surface area (Å²) in [7, 11) is 0. The van der Waals surface area contributed by atoms with Crippen molar-refractivity contribution >= 4 is 5.97 Å². The third-order valence-corrected chi connectivity index (χ3v) is 3.15. The van der Waals surface area contributed by atoms with Crippen molar-refractivity contribution in [3.8, 4) is 0 Å². The zero-order valence-electron chi connectivity index (χ0n) is 11.5. The lowest BCUT2D eigenvalue weighted by Gasteiger charge is -2.15. The number of ether oxygens (including phenoxy) is 1. The highest BCUT2D eigenvalue weighted by Crippen LogP contribution is 2.18. The van der Waals surface area contributed by atoms with Crippen LogP contribution in [0.15, 0.2) is 30.3 Å². The first-order chi connectivity index (χ1) is 8.77. The van der Waals surface area contributed by atoms with E-state index in [0.29, 0.717) is 6.61 Å². The minimum absolute atomic E-state index is 0.0260. The lowest BCUT2D eigenvalue weighted by molar-refractivity contribution is -0.148. The summed E-state index contributed by atoms with van der Waals surface area (Å²) in [5, 5.41) is 0. The molecule has 0 saturated heterocycles. The van der Waals surface area contributed by atoms with E-state index in [-0.39, 0.29) is 11.9 Å². The van der Waals surface area contributed by atoms with Crippen LogP contribution in [-0.2, 0) is 16.0 Å². The van der Waals surface area contributed by atoms with Gasteiger partial charge >= 0.3 is 5.97 Å². The maximum atomic E-state index is 11.8. The SMILES string of the molecule is CCCCC(CCc1ccccc1)C(=O)OCC. The van der Waals surface area contributed by atoms with Gasteiger partial charge in [-0.2, -0.15) is 0 Å². The van der Waals surface area contributed by atoms with Crippen LogP contribution >= 0.6 is 0 Å². The third kappa shape index (κ3) is 5.35. The normalized spacial score (nSPS) is 12.1. The molecule has 0 saturated carbocycles. The fraction of sp³-hybridized carbons (Fsp3) is 0.562. The van der Waals surface area contributed by atoms with Crippen LogP contribution in [0.2, 0.25) is 0 Å². The van der Waals surface area contributed by atoms with Crippen LogP contribution in [0, 0.1) is 5.92 Å². The van der Waals surface area contributed by atoms with Gasteiger partial charge in [-0.1, -0.05) is 50.1 Å². The number of carbonyl (C=O) groups excluding carboxylic acids is 1. The topological polar surface area (TPSA) is 26.3 Å². The van der Waals surface area contributed by atoms with E-state index in [1.165, 1.54) is 5.56 Å². The molecule has 1 unspecified atom stereocenters. The van der Waals surface area contributed by atoms with Crippen LogP contribution in [0.25, 0.3) is 0 Å². The van der Waals surface area contributed by atoms with Crippen molar-refractivity contribution in [1.29, 1.82) is 0 Å². The predicted octanol–water partition coefficient (Wildman–Crippen LogP) is 3.99. The van der Waals surface area contributed by atoms with Gasteiger partial charge in [-0.3, -0.25) is 4.79 Å². The summed E-state index contributed by atoms with van der Waals surface area (Å²) in [5.74, 6) is 0.0342. The molecule has 0 aliphatic rings. The summed E-state index contributed by atoms with van der Waals surface area (Å²) in [6.07, 6.45) is 5.01. The van der Waals surface area contributed by atoms with Gasteiger partial charge in [-0.25, -0.2) is 0 Å². The molecule has 0 radical (unpaired) electrons. The number of esters is 1. The molecule has 100 valence electrons. The molecule has 0 amide bonds. The van der Waals surface area contributed by atoms with Crippen molar-refractivity contribution < 1.29 is 9.53 Å². The van der Waals surface area contributed by atoms with E-state index in [0.717, 1.165) is 32.1 Å². The van der Waals surface area contributed by atoms with Crippen LogP contribution in [0.1, 0.15) is 45.1 Å². The van der Waals surface area contributed by atoms with Gasteiger partial charge in [-0.15, -0.1) is 0 Å². The quantitative estimate of drug-likeness (QED) is 0.650. The van der Waals surface area contributed by atoms with E-state index < -0.39 is 0 Å². The molecule has 0 fully saturated rings. The van der Waals surface area contributed by atoms with Gasteiger partial charge in [0, 0.05) is 0 Å². The molecule has 0 spiro atoms. The van der Waals surface area contributed by atoms with Crippen molar-refractivity contribution in [3.63, 3.8) is 0 Å². The largest absolute Gasteiger partial charge is 0.466 e. The van der Waals surface area contributed by atoms with Gasteiger partial charge in [0.05, 0.1) is 12.5 Å². The Morgan fingerprint density at radius 1 is 1.17 bits per heavy atom.